The Hall–Kier alpha value is -3.26. The first kappa shape index (κ1) is 19.5. The molecule has 3 rings (SSSR count). The summed E-state index contributed by atoms with van der Waals surface area (Å²) in [7, 11) is 0. The van der Waals surface area contributed by atoms with Gasteiger partial charge < -0.3 is 10.6 Å². The molecular formula is C20H20N4O3S. The van der Waals surface area contributed by atoms with Crippen LogP contribution in [0.1, 0.15) is 39.1 Å². The zero-order valence-corrected chi connectivity index (χ0v) is 16.1. The van der Waals surface area contributed by atoms with Gasteiger partial charge in [-0.3, -0.25) is 25.2 Å². The van der Waals surface area contributed by atoms with Gasteiger partial charge in [-0.2, -0.15) is 0 Å². The first-order chi connectivity index (χ1) is 13.4. The number of rotatable bonds is 4. The second kappa shape index (κ2) is 8.62. The summed E-state index contributed by atoms with van der Waals surface area (Å²) in [6.07, 6.45) is 1.74. The standard InChI is InChI=1S/C20H20N4O3S/c1-12-3-2-4-15(11-12)18(26)21-16-9-7-14(8-10-16)19(27)23-24-20(28)22-17(25)13-5-6-13/h2-4,7-11,13H,5-6H2,1H3,(H,21,26)(H,23,27)(H2,22,24,25,28). The van der Waals surface area contributed by atoms with E-state index in [1.54, 1.807) is 36.4 Å². The van der Waals surface area contributed by atoms with E-state index in [2.05, 4.69) is 21.5 Å². The lowest BCUT2D eigenvalue weighted by atomic mass is 10.1. The molecule has 1 aliphatic carbocycles. The lowest BCUT2D eigenvalue weighted by Crippen LogP contribution is -2.48. The third kappa shape index (κ3) is 5.37. The van der Waals surface area contributed by atoms with Crippen molar-refractivity contribution in [1.82, 2.24) is 16.2 Å². The van der Waals surface area contributed by atoms with Crippen LogP contribution in [0.5, 0.6) is 0 Å². The first-order valence-corrected chi connectivity index (χ1v) is 9.22. The average molecular weight is 396 g/mol. The van der Waals surface area contributed by atoms with E-state index < -0.39 is 5.91 Å². The number of carbonyl (C=O) groups is 3. The molecule has 28 heavy (non-hydrogen) atoms. The van der Waals surface area contributed by atoms with Crippen LogP contribution in [0.25, 0.3) is 0 Å². The minimum atomic E-state index is -0.417. The molecule has 1 saturated carbocycles. The zero-order valence-electron chi connectivity index (χ0n) is 15.2. The van der Waals surface area contributed by atoms with Gasteiger partial charge >= 0.3 is 0 Å². The maximum absolute atomic E-state index is 12.3. The van der Waals surface area contributed by atoms with E-state index in [9.17, 15) is 14.4 Å². The van der Waals surface area contributed by atoms with E-state index in [1.807, 2.05) is 19.1 Å². The number of benzene rings is 2. The van der Waals surface area contributed by atoms with Gasteiger partial charge in [-0.15, -0.1) is 0 Å². The summed E-state index contributed by atoms with van der Waals surface area (Å²) < 4.78 is 0. The minimum absolute atomic E-state index is 0.0259. The van der Waals surface area contributed by atoms with Gasteiger partial charge in [0.05, 0.1) is 0 Å². The Labute approximate surface area is 167 Å². The molecule has 0 aliphatic heterocycles. The lowest BCUT2D eigenvalue weighted by molar-refractivity contribution is -0.120. The maximum Gasteiger partial charge on any atom is 0.269 e. The molecule has 2 aromatic rings. The summed E-state index contributed by atoms with van der Waals surface area (Å²) in [5.74, 6) is -0.752. The van der Waals surface area contributed by atoms with E-state index in [4.69, 9.17) is 12.2 Å². The monoisotopic (exact) mass is 396 g/mol. The van der Waals surface area contributed by atoms with E-state index >= 15 is 0 Å². The van der Waals surface area contributed by atoms with Gasteiger partial charge in [0, 0.05) is 22.7 Å². The number of thiocarbonyl (C=S) groups is 1. The van der Waals surface area contributed by atoms with Crippen molar-refractivity contribution >= 4 is 40.7 Å². The van der Waals surface area contributed by atoms with Crippen LogP contribution in [0.15, 0.2) is 48.5 Å². The Morgan fingerprint density at radius 3 is 2.29 bits per heavy atom. The predicted octanol–water partition coefficient (Wildman–Crippen LogP) is 2.29. The fourth-order valence-electron chi connectivity index (χ4n) is 2.47. The highest BCUT2D eigenvalue weighted by molar-refractivity contribution is 7.80. The van der Waals surface area contributed by atoms with Crippen LogP contribution in [-0.4, -0.2) is 22.8 Å². The molecule has 7 nitrogen and oxygen atoms in total. The van der Waals surface area contributed by atoms with Gasteiger partial charge in [-0.25, -0.2) is 0 Å². The molecule has 0 heterocycles. The molecule has 0 saturated heterocycles. The fourth-order valence-corrected chi connectivity index (χ4v) is 2.62. The Bertz CT molecular complexity index is 923. The molecule has 0 unspecified atom stereocenters. The molecule has 0 bridgehead atoms. The van der Waals surface area contributed by atoms with Crippen molar-refractivity contribution in [3.63, 3.8) is 0 Å². The summed E-state index contributed by atoms with van der Waals surface area (Å²) in [5, 5.41) is 5.35. The highest BCUT2D eigenvalue weighted by Gasteiger charge is 2.30. The van der Waals surface area contributed by atoms with Crippen LogP contribution in [0.4, 0.5) is 5.69 Å². The average Bonchev–Trinajstić information content (AvgIpc) is 3.52. The first-order valence-electron chi connectivity index (χ1n) is 8.81. The molecule has 144 valence electrons. The SMILES string of the molecule is Cc1cccc(C(=O)Nc2ccc(C(=O)NNC(=S)NC(=O)C3CC3)cc2)c1. The number of nitrogens with one attached hydrogen (secondary N) is 4. The number of carbonyl (C=O) groups excluding carboxylic acids is 3. The molecule has 0 radical (unpaired) electrons. The van der Waals surface area contributed by atoms with E-state index in [0.29, 0.717) is 16.8 Å². The Morgan fingerprint density at radius 2 is 1.64 bits per heavy atom. The molecule has 2 aromatic carbocycles. The Morgan fingerprint density at radius 1 is 0.929 bits per heavy atom. The zero-order chi connectivity index (χ0) is 20.1. The van der Waals surface area contributed by atoms with Gasteiger partial charge in [0.25, 0.3) is 11.8 Å². The largest absolute Gasteiger partial charge is 0.322 e. The summed E-state index contributed by atoms with van der Waals surface area (Å²) in [4.78, 5) is 36.0. The minimum Gasteiger partial charge on any atom is -0.322 e. The topological polar surface area (TPSA) is 99.3 Å². The molecule has 0 spiro atoms. The highest BCUT2D eigenvalue weighted by atomic mass is 32.1. The summed E-state index contributed by atoms with van der Waals surface area (Å²) >= 11 is 4.96. The molecule has 3 amide bonds. The quantitative estimate of drug-likeness (QED) is 0.469. The maximum atomic E-state index is 12.3. The van der Waals surface area contributed by atoms with Crippen LogP contribution in [0.2, 0.25) is 0 Å². The van der Waals surface area contributed by atoms with Crippen molar-refractivity contribution in [1.29, 1.82) is 0 Å². The van der Waals surface area contributed by atoms with Crippen molar-refractivity contribution in [3.05, 3.63) is 65.2 Å². The van der Waals surface area contributed by atoms with Gasteiger partial charge in [0.1, 0.15) is 0 Å². The van der Waals surface area contributed by atoms with Crippen LogP contribution < -0.4 is 21.5 Å². The summed E-state index contributed by atoms with van der Waals surface area (Å²) in [5.41, 5.74) is 7.43. The van der Waals surface area contributed by atoms with E-state index in [0.717, 1.165) is 18.4 Å². The van der Waals surface area contributed by atoms with Crippen molar-refractivity contribution in [3.8, 4) is 0 Å². The number of anilines is 1. The van der Waals surface area contributed by atoms with E-state index in [-0.39, 0.29) is 22.8 Å². The molecule has 4 N–H and O–H groups in total. The second-order valence-corrected chi connectivity index (χ2v) is 6.98. The highest BCUT2D eigenvalue weighted by Crippen LogP contribution is 2.28. The fraction of sp³-hybridized carbons (Fsp3) is 0.200. The molecule has 0 atom stereocenters. The lowest BCUT2D eigenvalue weighted by Gasteiger charge is -2.11. The normalized spacial score (nSPS) is 12.6. The molecule has 1 fully saturated rings. The molecule has 1 aliphatic rings. The number of amides is 3. The molecule has 8 heteroatoms. The van der Waals surface area contributed by atoms with Gasteiger partial charge in [-0.05, 0) is 68.4 Å². The number of hydrazine groups is 1. The van der Waals surface area contributed by atoms with Crippen LogP contribution in [-0.2, 0) is 4.79 Å². The molecular weight excluding hydrogens is 376 g/mol. The third-order valence-electron chi connectivity index (χ3n) is 4.16. The van der Waals surface area contributed by atoms with Crippen molar-refractivity contribution in [2.75, 3.05) is 5.32 Å². The predicted molar refractivity (Wildman–Crippen MR) is 110 cm³/mol. The van der Waals surface area contributed by atoms with E-state index in [1.165, 1.54) is 0 Å². The van der Waals surface area contributed by atoms with Gasteiger partial charge in [0.15, 0.2) is 5.11 Å². The Kier molecular flexibility index (Phi) is 6.00. The van der Waals surface area contributed by atoms with Gasteiger partial charge in [0.2, 0.25) is 5.91 Å². The third-order valence-corrected chi connectivity index (χ3v) is 4.36. The van der Waals surface area contributed by atoms with Crippen molar-refractivity contribution in [2.24, 2.45) is 5.92 Å². The number of hydrogen-bond donors (Lipinski definition) is 4. The summed E-state index contributed by atoms with van der Waals surface area (Å²) in [6.45, 7) is 1.92. The molecule has 0 aromatic heterocycles. The van der Waals surface area contributed by atoms with Crippen molar-refractivity contribution < 1.29 is 14.4 Å². The Balaban J connectivity index is 1.50. The second-order valence-electron chi connectivity index (χ2n) is 6.57. The van der Waals surface area contributed by atoms with Crippen LogP contribution >= 0.6 is 12.2 Å². The van der Waals surface area contributed by atoms with Gasteiger partial charge in [-0.1, -0.05) is 17.7 Å². The van der Waals surface area contributed by atoms with Crippen molar-refractivity contribution in [2.45, 2.75) is 19.8 Å². The van der Waals surface area contributed by atoms with Crippen LogP contribution in [0, 0.1) is 12.8 Å². The van der Waals surface area contributed by atoms with Crippen LogP contribution in [0.3, 0.4) is 0 Å². The number of aryl methyl sites for hydroxylation is 1. The number of hydrogen-bond acceptors (Lipinski definition) is 4. The summed E-state index contributed by atoms with van der Waals surface area (Å²) in [6, 6.07) is 13.7. The smallest absolute Gasteiger partial charge is 0.269 e.